The Balaban J connectivity index is 2.90. The summed E-state index contributed by atoms with van der Waals surface area (Å²) in [6.07, 6.45) is 1.98. The van der Waals surface area contributed by atoms with Crippen molar-refractivity contribution < 1.29 is 0 Å². The molecule has 0 bridgehead atoms. The third kappa shape index (κ3) is 1.24. The quantitative estimate of drug-likeness (QED) is 0.690. The maximum Gasteiger partial charge on any atom is 0.0992 e. The van der Waals surface area contributed by atoms with Crippen LogP contribution in [-0.4, -0.2) is 4.57 Å². The van der Waals surface area contributed by atoms with Crippen molar-refractivity contribution >= 4 is 26.8 Å². The first-order chi connectivity index (χ1) is 6.22. The summed E-state index contributed by atoms with van der Waals surface area (Å²) < 4.78 is 2.98. The minimum absolute atomic E-state index is 0.682. The lowest BCUT2D eigenvalue weighted by Gasteiger charge is -1.98. The maximum atomic E-state index is 8.77. The summed E-state index contributed by atoms with van der Waals surface area (Å²) in [5, 5.41) is 9.91. The van der Waals surface area contributed by atoms with E-state index in [0.29, 0.717) is 5.56 Å². The Morgan fingerprint density at radius 3 is 2.92 bits per heavy atom. The summed E-state index contributed by atoms with van der Waals surface area (Å²) in [6, 6.07) is 7.89. The number of hydrogen-bond acceptors (Lipinski definition) is 1. The summed E-state index contributed by atoms with van der Waals surface area (Å²) in [5.74, 6) is 0. The van der Waals surface area contributed by atoms with Crippen LogP contribution in [0.15, 0.2) is 28.9 Å². The number of fused-ring (bicyclic) bond motifs is 1. The lowest BCUT2D eigenvalue weighted by atomic mass is 10.2. The molecule has 64 valence electrons. The summed E-state index contributed by atoms with van der Waals surface area (Å²) in [7, 11) is 1.97. The van der Waals surface area contributed by atoms with Crippen molar-refractivity contribution in [3.05, 3.63) is 34.4 Å². The number of halogens is 1. The molecule has 0 aliphatic heterocycles. The average molecular weight is 235 g/mol. The zero-order valence-electron chi connectivity index (χ0n) is 7.08. The molecule has 0 amide bonds. The molecule has 0 unspecified atom stereocenters. The first-order valence-electron chi connectivity index (χ1n) is 3.87. The van der Waals surface area contributed by atoms with E-state index in [-0.39, 0.29) is 0 Å². The van der Waals surface area contributed by atoms with Gasteiger partial charge < -0.3 is 4.57 Å². The molecular formula is C10H7BrN2. The fourth-order valence-electron chi connectivity index (χ4n) is 1.39. The molecule has 1 aromatic carbocycles. The van der Waals surface area contributed by atoms with E-state index >= 15 is 0 Å². The van der Waals surface area contributed by atoms with Crippen LogP contribution in [0.1, 0.15) is 5.56 Å². The Morgan fingerprint density at radius 2 is 2.23 bits per heavy atom. The fourth-order valence-corrected chi connectivity index (χ4v) is 1.97. The molecule has 1 heterocycles. The van der Waals surface area contributed by atoms with Gasteiger partial charge in [-0.25, -0.2) is 0 Å². The average Bonchev–Trinajstić information content (AvgIpc) is 2.48. The summed E-state index contributed by atoms with van der Waals surface area (Å²) in [6.45, 7) is 0. The Hall–Kier alpha value is -1.27. The molecule has 0 atom stereocenters. The SMILES string of the molecule is Cn1ccc2c(Br)cc(C#N)cc21. The molecule has 2 rings (SSSR count). The van der Waals surface area contributed by atoms with Crippen LogP contribution in [-0.2, 0) is 7.05 Å². The van der Waals surface area contributed by atoms with Gasteiger partial charge in [0.2, 0.25) is 0 Å². The van der Waals surface area contributed by atoms with E-state index in [0.717, 1.165) is 15.4 Å². The predicted molar refractivity (Wildman–Crippen MR) is 55.3 cm³/mol. The minimum Gasteiger partial charge on any atom is -0.350 e. The van der Waals surface area contributed by atoms with Gasteiger partial charge in [0.15, 0.2) is 0 Å². The van der Waals surface area contributed by atoms with Crippen molar-refractivity contribution in [1.82, 2.24) is 4.57 Å². The van der Waals surface area contributed by atoms with Gasteiger partial charge in [-0.15, -0.1) is 0 Å². The molecule has 1 aromatic heterocycles. The second-order valence-corrected chi connectivity index (χ2v) is 3.78. The highest BCUT2D eigenvalue weighted by Gasteiger charge is 2.03. The molecule has 0 radical (unpaired) electrons. The smallest absolute Gasteiger partial charge is 0.0992 e. The third-order valence-corrected chi connectivity index (χ3v) is 2.74. The van der Waals surface area contributed by atoms with Crippen molar-refractivity contribution in [2.75, 3.05) is 0 Å². The lowest BCUT2D eigenvalue weighted by molar-refractivity contribution is 0.969. The normalized spacial score (nSPS) is 10.2. The Labute approximate surface area is 84.5 Å². The van der Waals surface area contributed by atoms with Crippen LogP contribution in [0.5, 0.6) is 0 Å². The Morgan fingerprint density at radius 1 is 1.46 bits per heavy atom. The van der Waals surface area contributed by atoms with Crippen molar-refractivity contribution in [3.8, 4) is 6.07 Å². The first-order valence-corrected chi connectivity index (χ1v) is 4.66. The van der Waals surface area contributed by atoms with Gasteiger partial charge in [0, 0.05) is 23.1 Å². The topological polar surface area (TPSA) is 28.7 Å². The van der Waals surface area contributed by atoms with E-state index in [2.05, 4.69) is 22.0 Å². The van der Waals surface area contributed by atoms with E-state index in [1.807, 2.05) is 36.0 Å². The van der Waals surface area contributed by atoms with Crippen LogP contribution in [0.3, 0.4) is 0 Å². The Kier molecular flexibility index (Phi) is 1.86. The third-order valence-electron chi connectivity index (χ3n) is 2.08. The van der Waals surface area contributed by atoms with Crippen LogP contribution < -0.4 is 0 Å². The zero-order chi connectivity index (χ0) is 9.42. The monoisotopic (exact) mass is 234 g/mol. The summed E-state index contributed by atoms with van der Waals surface area (Å²) in [5.41, 5.74) is 1.76. The van der Waals surface area contributed by atoms with E-state index < -0.39 is 0 Å². The number of nitriles is 1. The second-order valence-electron chi connectivity index (χ2n) is 2.93. The van der Waals surface area contributed by atoms with Crippen LogP contribution in [0.4, 0.5) is 0 Å². The number of hydrogen-bond donors (Lipinski definition) is 0. The molecule has 0 spiro atoms. The highest BCUT2D eigenvalue weighted by atomic mass is 79.9. The molecule has 3 heteroatoms. The van der Waals surface area contributed by atoms with Crippen molar-refractivity contribution in [2.24, 2.45) is 7.05 Å². The first kappa shape index (κ1) is 8.33. The van der Waals surface area contributed by atoms with Crippen molar-refractivity contribution in [3.63, 3.8) is 0 Å². The van der Waals surface area contributed by atoms with E-state index in [1.165, 1.54) is 0 Å². The van der Waals surface area contributed by atoms with Gasteiger partial charge in [0.25, 0.3) is 0 Å². The lowest BCUT2D eigenvalue weighted by Crippen LogP contribution is -1.85. The highest BCUT2D eigenvalue weighted by molar-refractivity contribution is 9.10. The number of aromatic nitrogens is 1. The number of benzene rings is 1. The molecule has 13 heavy (non-hydrogen) atoms. The number of aryl methyl sites for hydroxylation is 1. The second kappa shape index (κ2) is 2.90. The Bertz CT molecular complexity index is 505. The summed E-state index contributed by atoms with van der Waals surface area (Å²) >= 11 is 3.44. The van der Waals surface area contributed by atoms with Gasteiger partial charge in [-0.3, -0.25) is 0 Å². The zero-order valence-corrected chi connectivity index (χ0v) is 8.67. The van der Waals surface area contributed by atoms with Crippen LogP contribution in [0.25, 0.3) is 10.9 Å². The number of nitrogens with zero attached hydrogens (tertiary/aromatic N) is 2. The summed E-state index contributed by atoms with van der Waals surface area (Å²) in [4.78, 5) is 0. The maximum absolute atomic E-state index is 8.77. The largest absolute Gasteiger partial charge is 0.350 e. The van der Waals surface area contributed by atoms with Gasteiger partial charge in [-0.1, -0.05) is 15.9 Å². The van der Waals surface area contributed by atoms with Gasteiger partial charge in [-0.2, -0.15) is 5.26 Å². The number of rotatable bonds is 0. The van der Waals surface area contributed by atoms with E-state index in [9.17, 15) is 0 Å². The molecule has 2 nitrogen and oxygen atoms in total. The predicted octanol–water partition coefficient (Wildman–Crippen LogP) is 2.81. The molecular weight excluding hydrogens is 228 g/mol. The van der Waals surface area contributed by atoms with Crippen LogP contribution in [0.2, 0.25) is 0 Å². The molecule has 2 aromatic rings. The van der Waals surface area contributed by atoms with Crippen molar-refractivity contribution in [2.45, 2.75) is 0 Å². The molecule has 0 aliphatic rings. The van der Waals surface area contributed by atoms with E-state index in [1.54, 1.807) is 0 Å². The van der Waals surface area contributed by atoms with Gasteiger partial charge in [0.1, 0.15) is 0 Å². The highest BCUT2D eigenvalue weighted by Crippen LogP contribution is 2.25. The molecule has 0 aliphatic carbocycles. The van der Waals surface area contributed by atoms with Gasteiger partial charge in [0.05, 0.1) is 17.1 Å². The molecule has 0 fully saturated rings. The molecule has 0 saturated heterocycles. The molecule has 0 saturated carbocycles. The van der Waals surface area contributed by atoms with Gasteiger partial charge >= 0.3 is 0 Å². The van der Waals surface area contributed by atoms with Crippen molar-refractivity contribution in [1.29, 1.82) is 5.26 Å². The fraction of sp³-hybridized carbons (Fsp3) is 0.100. The van der Waals surface area contributed by atoms with E-state index in [4.69, 9.17) is 5.26 Å². The minimum atomic E-state index is 0.682. The van der Waals surface area contributed by atoms with Gasteiger partial charge in [-0.05, 0) is 18.2 Å². The van der Waals surface area contributed by atoms with Crippen LogP contribution >= 0.6 is 15.9 Å². The standard InChI is InChI=1S/C10H7BrN2/c1-13-3-2-8-9(11)4-7(6-12)5-10(8)13/h2-5H,1H3. The van der Waals surface area contributed by atoms with Crippen LogP contribution in [0, 0.1) is 11.3 Å². The molecule has 0 N–H and O–H groups in total.